The van der Waals surface area contributed by atoms with Crippen LogP contribution < -0.4 is 5.32 Å². The minimum Gasteiger partial charge on any atom is -0.508 e. The average molecular weight is 272 g/mol. The Labute approximate surface area is 114 Å². The molecule has 1 amide bonds. The van der Waals surface area contributed by atoms with Crippen molar-refractivity contribution >= 4 is 17.7 Å². The number of nitrogens with zero attached hydrogens (tertiary/aromatic N) is 1. The molecule has 0 aliphatic carbocycles. The molecule has 6 heteroatoms. The molecule has 0 fully saturated rings. The molecular weight excluding hydrogens is 260 g/mol. The second-order valence-electron chi connectivity index (χ2n) is 4.14. The van der Waals surface area contributed by atoms with E-state index >= 15 is 0 Å². The van der Waals surface area contributed by atoms with E-state index in [-0.39, 0.29) is 17.1 Å². The van der Waals surface area contributed by atoms with Gasteiger partial charge in [-0.25, -0.2) is 9.78 Å². The number of carbonyl (C=O) groups excluding carboxylic acids is 1. The molecule has 2 rings (SSSR count). The molecule has 102 valence electrons. The van der Waals surface area contributed by atoms with E-state index in [1.165, 1.54) is 24.4 Å². The zero-order valence-electron chi connectivity index (χ0n) is 10.6. The average Bonchev–Trinajstić information content (AvgIpc) is 2.42. The maximum absolute atomic E-state index is 12.1. The van der Waals surface area contributed by atoms with Crippen LogP contribution in [-0.4, -0.2) is 27.1 Å². The number of phenols is 1. The number of aromatic carboxylic acids is 1. The second-order valence-corrected chi connectivity index (χ2v) is 4.14. The van der Waals surface area contributed by atoms with Gasteiger partial charge < -0.3 is 15.5 Å². The van der Waals surface area contributed by atoms with E-state index in [4.69, 9.17) is 5.11 Å². The summed E-state index contributed by atoms with van der Waals surface area (Å²) in [4.78, 5) is 26.8. The van der Waals surface area contributed by atoms with Gasteiger partial charge in [0.2, 0.25) is 0 Å². The minimum absolute atomic E-state index is 0.0184. The Bertz CT molecular complexity index is 683. The third-order valence-electron chi connectivity index (χ3n) is 2.80. The lowest BCUT2D eigenvalue weighted by Gasteiger charge is -2.08. The normalized spacial score (nSPS) is 10.1. The van der Waals surface area contributed by atoms with Crippen molar-refractivity contribution in [3.05, 3.63) is 53.2 Å². The number of carboxylic acid groups (broad SMARTS) is 1. The summed E-state index contributed by atoms with van der Waals surface area (Å²) in [5.41, 5.74) is 0.773. The van der Waals surface area contributed by atoms with E-state index in [1.54, 1.807) is 19.1 Å². The first-order valence-corrected chi connectivity index (χ1v) is 5.78. The van der Waals surface area contributed by atoms with E-state index in [9.17, 15) is 14.7 Å². The Hall–Kier alpha value is -2.89. The van der Waals surface area contributed by atoms with Gasteiger partial charge in [-0.2, -0.15) is 0 Å². The summed E-state index contributed by atoms with van der Waals surface area (Å²) in [5.74, 6) is -1.41. The van der Waals surface area contributed by atoms with Crippen molar-refractivity contribution in [2.45, 2.75) is 6.92 Å². The van der Waals surface area contributed by atoms with Crippen molar-refractivity contribution in [3.63, 3.8) is 0 Å². The fraction of sp³-hybridized carbons (Fsp3) is 0.0714. The summed E-state index contributed by atoms with van der Waals surface area (Å²) >= 11 is 0. The van der Waals surface area contributed by atoms with Crippen LogP contribution in [0.4, 0.5) is 5.82 Å². The summed E-state index contributed by atoms with van der Waals surface area (Å²) in [5, 5.41) is 20.9. The Morgan fingerprint density at radius 2 is 2.00 bits per heavy atom. The number of aromatic hydroxyl groups is 1. The van der Waals surface area contributed by atoms with Crippen molar-refractivity contribution in [2.24, 2.45) is 0 Å². The van der Waals surface area contributed by atoms with Crippen LogP contribution in [0.15, 0.2) is 36.5 Å². The molecule has 6 nitrogen and oxygen atoms in total. The van der Waals surface area contributed by atoms with Gasteiger partial charge in [-0.05, 0) is 31.2 Å². The third-order valence-corrected chi connectivity index (χ3v) is 2.80. The van der Waals surface area contributed by atoms with Gasteiger partial charge in [0.15, 0.2) is 0 Å². The number of phenolic OH excluding ortho intramolecular Hbond substituents is 1. The molecule has 0 bridgehead atoms. The fourth-order valence-corrected chi connectivity index (χ4v) is 1.69. The van der Waals surface area contributed by atoms with Crippen molar-refractivity contribution < 1.29 is 19.8 Å². The number of hydrogen-bond acceptors (Lipinski definition) is 4. The number of hydrogen-bond donors (Lipinski definition) is 3. The number of amides is 1. The first kappa shape index (κ1) is 13.5. The van der Waals surface area contributed by atoms with Crippen LogP contribution >= 0.6 is 0 Å². The van der Waals surface area contributed by atoms with Crippen LogP contribution in [0.5, 0.6) is 5.75 Å². The van der Waals surface area contributed by atoms with Gasteiger partial charge in [0.1, 0.15) is 11.6 Å². The molecule has 0 spiro atoms. The predicted octanol–water partition coefficient (Wildman–Crippen LogP) is 2.05. The highest BCUT2D eigenvalue weighted by Gasteiger charge is 2.13. The Kier molecular flexibility index (Phi) is 3.65. The van der Waals surface area contributed by atoms with Gasteiger partial charge >= 0.3 is 5.97 Å². The first-order chi connectivity index (χ1) is 9.49. The van der Waals surface area contributed by atoms with Gasteiger partial charge in [0.25, 0.3) is 5.91 Å². The largest absolute Gasteiger partial charge is 0.508 e. The van der Waals surface area contributed by atoms with Gasteiger partial charge in [0.05, 0.1) is 5.56 Å². The fourth-order valence-electron chi connectivity index (χ4n) is 1.69. The van der Waals surface area contributed by atoms with Crippen molar-refractivity contribution in [1.82, 2.24) is 4.98 Å². The Balaban J connectivity index is 2.26. The van der Waals surface area contributed by atoms with Crippen LogP contribution in [0.3, 0.4) is 0 Å². The maximum Gasteiger partial charge on any atom is 0.335 e. The van der Waals surface area contributed by atoms with Gasteiger partial charge in [-0.3, -0.25) is 4.79 Å². The van der Waals surface area contributed by atoms with Gasteiger partial charge in [0, 0.05) is 17.3 Å². The molecule has 2 aromatic rings. The molecule has 20 heavy (non-hydrogen) atoms. The molecule has 0 atom stereocenters. The summed E-state index contributed by atoms with van der Waals surface area (Å²) in [6.07, 6.45) is 1.30. The van der Waals surface area contributed by atoms with E-state index in [1.807, 2.05) is 0 Å². The monoisotopic (exact) mass is 272 g/mol. The molecular formula is C14H12N2O4. The maximum atomic E-state index is 12.1. The van der Waals surface area contributed by atoms with Crippen LogP contribution in [-0.2, 0) is 0 Å². The number of carboxylic acids is 1. The number of pyridine rings is 1. The smallest absolute Gasteiger partial charge is 0.335 e. The summed E-state index contributed by atoms with van der Waals surface area (Å²) in [7, 11) is 0. The summed E-state index contributed by atoms with van der Waals surface area (Å²) in [6, 6.07) is 7.19. The van der Waals surface area contributed by atoms with E-state index < -0.39 is 11.9 Å². The molecule has 0 saturated heterocycles. The van der Waals surface area contributed by atoms with Crippen molar-refractivity contribution in [3.8, 4) is 5.75 Å². The Morgan fingerprint density at radius 1 is 1.25 bits per heavy atom. The number of aromatic nitrogens is 1. The molecule has 0 saturated carbocycles. The number of carbonyl (C=O) groups is 2. The summed E-state index contributed by atoms with van der Waals surface area (Å²) in [6.45, 7) is 1.62. The minimum atomic E-state index is -1.10. The lowest BCUT2D eigenvalue weighted by atomic mass is 10.1. The molecule has 0 aliphatic heterocycles. The number of nitrogens with one attached hydrogen (secondary N) is 1. The lowest BCUT2D eigenvalue weighted by Crippen LogP contribution is -2.14. The standard InChI is InChI=1S/C14H12N2O4/c1-8-10(3-2-4-11(8)17)13(18)16-12-7-9(14(19)20)5-6-15-12/h2-7,17H,1H3,(H,19,20)(H,15,16,18). The van der Waals surface area contributed by atoms with E-state index in [0.29, 0.717) is 11.1 Å². The number of anilines is 1. The molecule has 1 aromatic carbocycles. The van der Waals surface area contributed by atoms with Crippen LogP contribution in [0.1, 0.15) is 26.3 Å². The van der Waals surface area contributed by atoms with Crippen LogP contribution in [0, 0.1) is 6.92 Å². The van der Waals surface area contributed by atoms with Crippen LogP contribution in [0.2, 0.25) is 0 Å². The zero-order valence-corrected chi connectivity index (χ0v) is 10.6. The molecule has 0 aliphatic rings. The molecule has 3 N–H and O–H groups in total. The number of rotatable bonds is 3. The summed E-state index contributed by atoms with van der Waals surface area (Å²) < 4.78 is 0. The quantitative estimate of drug-likeness (QED) is 0.794. The van der Waals surface area contributed by atoms with Crippen molar-refractivity contribution in [2.75, 3.05) is 5.32 Å². The highest BCUT2D eigenvalue weighted by atomic mass is 16.4. The lowest BCUT2D eigenvalue weighted by molar-refractivity contribution is 0.0696. The number of benzene rings is 1. The van der Waals surface area contributed by atoms with E-state index in [2.05, 4.69) is 10.3 Å². The first-order valence-electron chi connectivity index (χ1n) is 5.78. The van der Waals surface area contributed by atoms with Gasteiger partial charge in [-0.15, -0.1) is 0 Å². The van der Waals surface area contributed by atoms with Crippen molar-refractivity contribution in [1.29, 1.82) is 0 Å². The van der Waals surface area contributed by atoms with E-state index in [0.717, 1.165) is 0 Å². The second kappa shape index (κ2) is 5.40. The molecule has 1 aromatic heterocycles. The molecule has 1 heterocycles. The SMILES string of the molecule is Cc1c(O)cccc1C(=O)Nc1cc(C(=O)O)ccn1. The highest BCUT2D eigenvalue weighted by molar-refractivity contribution is 6.05. The van der Waals surface area contributed by atoms with Gasteiger partial charge in [-0.1, -0.05) is 6.07 Å². The predicted molar refractivity (Wildman–Crippen MR) is 72.0 cm³/mol. The topological polar surface area (TPSA) is 99.5 Å². The third kappa shape index (κ3) is 2.74. The highest BCUT2D eigenvalue weighted by Crippen LogP contribution is 2.20. The zero-order chi connectivity index (χ0) is 14.7. The molecule has 0 radical (unpaired) electrons. The van der Waals surface area contributed by atoms with Crippen LogP contribution in [0.25, 0.3) is 0 Å². The molecule has 0 unspecified atom stereocenters. The Morgan fingerprint density at radius 3 is 2.70 bits per heavy atom.